The topological polar surface area (TPSA) is 120 Å². The van der Waals surface area contributed by atoms with Crippen LogP contribution in [0.5, 0.6) is 0 Å². The average Bonchev–Trinajstić information content (AvgIpc) is 3.21. The third-order valence-corrected chi connectivity index (χ3v) is 5.10. The summed E-state index contributed by atoms with van der Waals surface area (Å²) in [7, 11) is 0. The lowest BCUT2D eigenvalue weighted by molar-refractivity contribution is -0.122. The standard InChI is InChI=1S/C17H15N3O4S2/c1-9(19)11(6-18)13(22)7-24-17(23)15-12(14-4-3-5-25-14)8-26-16(15)20-10(2)21/h3-5,8,11,19H,7H2,1-2H3,(H,20,21). The van der Waals surface area contributed by atoms with Gasteiger partial charge in [0.05, 0.1) is 6.07 Å². The molecule has 0 saturated heterocycles. The minimum absolute atomic E-state index is 0.109. The number of nitrogens with zero attached hydrogens (tertiary/aromatic N) is 1. The molecular formula is C17H15N3O4S2. The van der Waals surface area contributed by atoms with Gasteiger partial charge in [0.25, 0.3) is 0 Å². The second kappa shape index (κ2) is 8.51. The minimum Gasteiger partial charge on any atom is -0.454 e. The van der Waals surface area contributed by atoms with Gasteiger partial charge < -0.3 is 15.5 Å². The second-order valence-corrected chi connectivity index (χ2v) is 7.13. The number of ether oxygens (including phenoxy) is 1. The third-order valence-electron chi connectivity index (χ3n) is 3.30. The highest BCUT2D eigenvalue weighted by Gasteiger charge is 2.26. The number of nitrogens with one attached hydrogen (secondary N) is 2. The number of thiophene rings is 2. The zero-order chi connectivity index (χ0) is 19.3. The van der Waals surface area contributed by atoms with Crippen LogP contribution in [0.1, 0.15) is 24.2 Å². The SMILES string of the molecule is CC(=N)C(C#N)C(=O)COC(=O)c1c(-c2cccs2)csc1NC(C)=O. The Hall–Kier alpha value is -2.83. The number of Topliss-reactive ketones (excluding diaryl/α,β-unsaturated/α-hetero) is 1. The van der Waals surface area contributed by atoms with Crippen LogP contribution in [-0.4, -0.2) is 30.0 Å². The third kappa shape index (κ3) is 4.41. The molecule has 0 fully saturated rings. The number of amides is 1. The van der Waals surface area contributed by atoms with Crippen molar-refractivity contribution in [3.63, 3.8) is 0 Å². The van der Waals surface area contributed by atoms with Gasteiger partial charge in [0.1, 0.15) is 16.5 Å². The molecule has 1 atom stereocenters. The van der Waals surface area contributed by atoms with Gasteiger partial charge in [-0.2, -0.15) is 5.26 Å². The largest absolute Gasteiger partial charge is 0.454 e. The lowest BCUT2D eigenvalue weighted by Crippen LogP contribution is -2.25. The van der Waals surface area contributed by atoms with E-state index in [1.165, 1.54) is 36.5 Å². The van der Waals surface area contributed by atoms with Crippen molar-refractivity contribution in [3.05, 3.63) is 28.5 Å². The number of nitriles is 1. The first-order valence-corrected chi connectivity index (χ1v) is 9.18. The maximum absolute atomic E-state index is 12.6. The summed E-state index contributed by atoms with van der Waals surface area (Å²) in [5.41, 5.74) is 0.661. The van der Waals surface area contributed by atoms with Crippen molar-refractivity contribution in [2.75, 3.05) is 11.9 Å². The molecule has 0 aromatic carbocycles. The van der Waals surface area contributed by atoms with Gasteiger partial charge in [-0.3, -0.25) is 9.59 Å². The quantitative estimate of drug-likeness (QED) is 0.556. The Labute approximate surface area is 157 Å². The van der Waals surface area contributed by atoms with Crippen LogP contribution in [-0.2, 0) is 14.3 Å². The summed E-state index contributed by atoms with van der Waals surface area (Å²) in [5, 5.41) is 22.9. The van der Waals surface area contributed by atoms with Crippen molar-refractivity contribution in [1.29, 1.82) is 10.7 Å². The number of carbonyl (C=O) groups is 3. The van der Waals surface area contributed by atoms with E-state index < -0.39 is 24.3 Å². The van der Waals surface area contributed by atoms with Crippen LogP contribution in [0.4, 0.5) is 5.00 Å². The second-order valence-electron chi connectivity index (χ2n) is 5.30. The van der Waals surface area contributed by atoms with Gasteiger partial charge >= 0.3 is 5.97 Å². The fourth-order valence-electron chi connectivity index (χ4n) is 2.13. The van der Waals surface area contributed by atoms with Crippen molar-refractivity contribution < 1.29 is 19.1 Å². The van der Waals surface area contributed by atoms with Crippen LogP contribution in [0.3, 0.4) is 0 Å². The number of ketones is 1. The molecule has 134 valence electrons. The van der Waals surface area contributed by atoms with Gasteiger partial charge in [-0.15, -0.1) is 22.7 Å². The molecule has 0 aliphatic rings. The number of hydrogen-bond donors (Lipinski definition) is 2. The van der Waals surface area contributed by atoms with Gasteiger partial charge in [-0.05, 0) is 18.4 Å². The van der Waals surface area contributed by atoms with E-state index in [1.54, 1.807) is 11.4 Å². The van der Waals surface area contributed by atoms with Crippen LogP contribution < -0.4 is 5.32 Å². The Morgan fingerprint density at radius 2 is 2.08 bits per heavy atom. The first-order valence-electron chi connectivity index (χ1n) is 7.42. The Balaban J connectivity index is 2.25. The van der Waals surface area contributed by atoms with Crippen LogP contribution in [0, 0.1) is 22.7 Å². The maximum Gasteiger partial charge on any atom is 0.342 e. The molecule has 1 amide bonds. The Bertz CT molecular complexity index is 894. The Morgan fingerprint density at radius 3 is 2.62 bits per heavy atom. The Morgan fingerprint density at radius 1 is 1.35 bits per heavy atom. The lowest BCUT2D eigenvalue weighted by atomic mass is 10.0. The predicted octanol–water partition coefficient (Wildman–Crippen LogP) is 3.34. The number of rotatable bonds is 7. The zero-order valence-electron chi connectivity index (χ0n) is 14.0. The summed E-state index contributed by atoms with van der Waals surface area (Å²) >= 11 is 2.61. The summed E-state index contributed by atoms with van der Waals surface area (Å²) in [6.07, 6.45) is 0. The number of hydrogen-bond acceptors (Lipinski definition) is 8. The van der Waals surface area contributed by atoms with E-state index in [0.29, 0.717) is 10.6 Å². The predicted molar refractivity (Wildman–Crippen MR) is 99.7 cm³/mol. The van der Waals surface area contributed by atoms with Gasteiger partial charge in [-0.1, -0.05) is 6.07 Å². The van der Waals surface area contributed by atoms with Crippen molar-refractivity contribution in [3.8, 4) is 16.5 Å². The highest BCUT2D eigenvalue weighted by atomic mass is 32.1. The van der Waals surface area contributed by atoms with E-state index in [4.69, 9.17) is 15.4 Å². The average molecular weight is 389 g/mol. The van der Waals surface area contributed by atoms with E-state index in [1.807, 2.05) is 17.5 Å². The number of esters is 1. The first-order chi connectivity index (χ1) is 12.3. The van der Waals surface area contributed by atoms with E-state index in [9.17, 15) is 14.4 Å². The van der Waals surface area contributed by atoms with E-state index in [-0.39, 0.29) is 17.2 Å². The smallest absolute Gasteiger partial charge is 0.342 e. The highest BCUT2D eigenvalue weighted by Crippen LogP contribution is 2.38. The molecule has 2 rings (SSSR count). The molecule has 2 aromatic rings. The van der Waals surface area contributed by atoms with E-state index in [0.717, 1.165) is 4.88 Å². The normalized spacial score (nSPS) is 11.3. The van der Waals surface area contributed by atoms with Gasteiger partial charge in [0.15, 0.2) is 12.4 Å². The lowest BCUT2D eigenvalue weighted by Gasteiger charge is -2.09. The van der Waals surface area contributed by atoms with Crippen LogP contribution in [0.2, 0.25) is 0 Å². The van der Waals surface area contributed by atoms with Gasteiger partial charge in [0, 0.05) is 28.5 Å². The molecule has 0 bridgehead atoms. The minimum atomic E-state index is -1.24. The molecule has 2 aromatic heterocycles. The zero-order valence-corrected chi connectivity index (χ0v) is 15.6. The molecular weight excluding hydrogens is 374 g/mol. The molecule has 2 heterocycles. The fourth-order valence-corrected chi connectivity index (χ4v) is 3.95. The molecule has 9 heteroatoms. The van der Waals surface area contributed by atoms with Crippen LogP contribution in [0.15, 0.2) is 22.9 Å². The molecule has 0 radical (unpaired) electrons. The summed E-state index contributed by atoms with van der Waals surface area (Å²) in [5.74, 6) is -3.01. The van der Waals surface area contributed by atoms with Crippen LogP contribution in [0.25, 0.3) is 10.4 Å². The number of anilines is 1. The van der Waals surface area contributed by atoms with Crippen molar-refractivity contribution >= 4 is 51.0 Å². The number of carbonyl (C=O) groups excluding carboxylic acids is 3. The molecule has 0 spiro atoms. The molecule has 7 nitrogen and oxygen atoms in total. The monoisotopic (exact) mass is 389 g/mol. The van der Waals surface area contributed by atoms with E-state index >= 15 is 0 Å². The summed E-state index contributed by atoms with van der Waals surface area (Å²) in [4.78, 5) is 36.7. The fraction of sp³-hybridized carbons (Fsp3) is 0.235. The molecule has 2 N–H and O–H groups in total. The van der Waals surface area contributed by atoms with Crippen molar-refractivity contribution in [1.82, 2.24) is 0 Å². The molecule has 26 heavy (non-hydrogen) atoms. The molecule has 0 aliphatic heterocycles. The van der Waals surface area contributed by atoms with Gasteiger partial charge in [0.2, 0.25) is 5.91 Å². The van der Waals surface area contributed by atoms with E-state index in [2.05, 4.69) is 5.32 Å². The summed E-state index contributed by atoms with van der Waals surface area (Å²) in [6.45, 7) is 2.05. The summed E-state index contributed by atoms with van der Waals surface area (Å²) in [6, 6.07) is 5.37. The maximum atomic E-state index is 12.6. The molecule has 1 unspecified atom stereocenters. The molecule has 0 saturated carbocycles. The Kier molecular flexibility index (Phi) is 6.38. The van der Waals surface area contributed by atoms with Crippen molar-refractivity contribution in [2.45, 2.75) is 13.8 Å². The van der Waals surface area contributed by atoms with Crippen LogP contribution >= 0.6 is 22.7 Å². The van der Waals surface area contributed by atoms with Gasteiger partial charge in [-0.25, -0.2) is 4.79 Å². The highest BCUT2D eigenvalue weighted by molar-refractivity contribution is 7.17. The first kappa shape index (κ1) is 19.5. The summed E-state index contributed by atoms with van der Waals surface area (Å²) < 4.78 is 5.07. The molecule has 0 aliphatic carbocycles. The van der Waals surface area contributed by atoms with Crippen molar-refractivity contribution in [2.24, 2.45) is 5.92 Å².